The molecule has 0 fully saturated rings. The fourth-order valence-electron chi connectivity index (χ4n) is 2.11. The summed E-state index contributed by atoms with van der Waals surface area (Å²) in [5.74, 6) is -0.734. The molecule has 5 heteroatoms. The topological polar surface area (TPSA) is 69.6 Å². The lowest BCUT2D eigenvalue weighted by molar-refractivity contribution is -0.143. The fourth-order valence-corrected chi connectivity index (χ4v) is 2.11. The SMILES string of the molecule is CC(C)(C)NC=O.CN1Cc2ccccc2CC1C(=O)O. The van der Waals surface area contributed by atoms with Gasteiger partial charge in [-0.2, -0.15) is 0 Å². The van der Waals surface area contributed by atoms with Crippen LogP contribution in [0.25, 0.3) is 0 Å². The largest absolute Gasteiger partial charge is 0.480 e. The summed E-state index contributed by atoms with van der Waals surface area (Å²) in [5.41, 5.74) is 2.34. The first-order valence-electron chi connectivity index (χ1n) is 6.96. The average Bonchev–Trinajstić information content (AvgIpc) is 2.37. The monoisotopic (exact) mass is 292 g/mol. The molecule has 0 aliphatic carbocycles. The van der Waals surface area contributed by atoms with Crippen LogP contribution in [-0.2, 0) is 22.6 Å². The van der Waals surface area contributed by atoms with E-state index in [-0.39, 0.29) is 11.6 Å². The van der Waals surface area contributed by atoms with Gasteiger partial charge >= 0.3 is 5.97 Å². The molecule has 2 rings (SSSR count). The molecule has 1 aromatic carbocycles. The van der Waals surface area contributed by atoms with Gasteiger partial charge in [0.1, 0.15) is 6.04 Å². The second-order valence-corrected chi connectivity index (χ2v) is 6.25. The van der Waals surface area contributed by atoms with Gasteiger partial charge in [-0.25, -0.2) is 0 Å². The molecule has 1 aliphatic rings. The van der Waals surface area contributed by atoms with E-state index < -0.39 is 5.97 Å². The van der Waals surface area contributed by atoms with Gasteiger partial charge in [0.25, 0.3) is 0 Å². The van der Waals surface area contributed by atoms with Gasteiger partial charge < -0.3 is 10.4 Å². The Morgan fingerprint density at radius 2 is 1.90 bits per heavy atom. The van der Waals surface area contributed by atoms with Crippen LogP contribution in [0.5, 0.6) is 0 Å². The van der Waals surface area contributed by atoms with Crippen LogP contribution >= 0.6 is 0 Å². The van der Waals surface area contributed by atoms with Crippen LogP contribution in [0.4, 0.5) is 0 Å². The smallest absolute Gasteiger partial charge is 0.321 e. The molecule has 0 spiro atoms. The minimum absolute atomic E-state index is 0.0677. The van der Waals surface area contributed by atoms with Gasteiger partial charge in [0.2, 0.25) is 6.41 Å². The summed E-state index contributed by atoms with van der Waals surface area (Å²) in [6.45, 7) is 6.53. The van der Waals surface area contributed by atoms with Gasteiger partial charge in [-0.1, -0.05) is 24.3 Å². The second kappa shape index (κ2) is 7.22. The fraction of sp³-hybridized carbons (Fsp3) is 0.500. The molecule has 1 aromatic rings. The van der Waals surface area contributed by atoms with E-state index in [4.69, 9.17) is 5.11 Å². The molecule has 0 aromatic heterocycles. The predicted octanol–water partition coefficient (Wildman–Crippen LogP) is 1.66. The molecule has 1 unspecified atom stereocenters. The lowest BCUT2D eigenvalue weighted by Crippen LogP contribution is -2.42. The molecule has 0 radical (unpaired) electrons. The van der Waals surface area contributed by atoms with E-state index in [1.54, 1.807) is 0 Å². The highest BCUT2D eigenvalue weighted by molar-refractivity contribution is 5.74. The molecule has 1 atom stereocenters. The quantitative estimate of drug-likeness (QED) is 0.813. The molecule has 1 amide bonds. The average molecular weight is 292 g/mol. The number of nitrogens with zero attached hydrogens (tertiary/aromatic N) is 1. The zero-order chi connectivity index (χ0) is 16.0. The van der Waals surface area contributed by atoms with Crippen molar-refractivity contribution in [3.05, 3.63) is 35.4 Å². The van der Waals surface area contributed by atoms with Crippen LogP contribution in [0.1, 0.15) is 31.9 Å². The van der Waals surface area contributed by atoms with Crippen LogP contribution in [0.15, 0.2) is 24.3 Å². The van der Waals surface area contributed by atoms with Crippen molar-refractivity contribution in [2.45, 2.75) is 45.3 Å². The van der Waals surface area contributed by atoms with Gasteiger partial charge in [0, 0.05) is 12.1 Å². The van der Waals surface area contributed by atoms with E-state index >= 15 is 0 Å². The van der Waals surface area contributed by atoms with Crippen LogP contribution in [0.2, 0.25) is 0 Å². The summed E-state index contributed by atoms with van der Waals surface area (Å²) in [7, 11) is 1.86. The Morgan fingerprint density at radius 3 is 2.33 bits per heavy atom. The summed E-state index contributed by atoms with van der Waals surface area (Å²) in [4.78, 5) is 22.5. The van der Waals surface area contributed by atoms with Crippen molar-refractivity contribution in [2.75, 3.05) is 7.05 Å². The van der Waals surface area contributed by atoms with Crippen LogP contribution in [-0.4, -0.2) is 41.0 Å². The first-order chi connectivity index (χ1) is 9.74. The van der Waals surface area contributed by atoms with Crippen molar-refractivity contribution in [1.29, 1.82) is 0 Å². The lowest BCUT2D eigenvalue weighted by atomic mass is 9.95. The summed E-state index contributed by atoms with van der Waals surface area (Å²) in [5, 5.41) is 11.6. The maximum Gasteiger partial charge on any atom is 0.321 e. The van der Waals surface area contributed by atoms with E-state index in [9.17, 15) is 9.59 Å². The number of carboxylic acid groups (broad SMARTS) is 1. The van der Waals surface area contributed by atoms with E-state index in [2.05, 4.69) is 11.4 Å². The van der Waals surface area contributed by atoms with Crippen molar-refractivity contribution in [3.8, 4) is 0 Å². The number of benzene rings is 1. The van der Waals surface area contributed by atoms with Gasteiger partial charge in [-0.05, 0) is 45.4 Å². The highest BCUT2D eigenvalue weighted by Gasteiger charge is 2.28. The molecule has 0 saturated heterocycles. The van der Waals surface area contributed by atoms with E-state index in [0.29, 0.717) is 12.8 Å². The van der Waals surface area contributed by atoms with Crippen LogP contribution < -0.4 is 5.32 Å². The predicted molar refractivity (Wildman–Crippen MR) is 82.0 cm³/mol. The van der Waals surface area contributed by atoms with Crippen molar-refractivity contribution in [1.82, 2.24) is 10.2 Å². The third kappa shape index (κ3) is 5.55. The minimum Gasteiger partial charge on any atom is -0.480 e. The van der Waals surface area contributed by atoms with Crippen molar-refractivity contribution >= 4 is 12.4 Å². The number of carboxylic acids is 1. The first-order valence-corrected chi connectivity index (χ1v) is 6.96. The maximum atomic E-state index is 10.9. The number of carbonyl (C=O) groups excluding carboxylic acids is 1. The second-order valence-electron chi connectivity index (χ2n) is 6.25. The van der Waals surface area contributed by atoms with E-state index in [0.717, 1.165) is 12.1 Å². The zero-order valence-electron chi connectivity index (χ0n) is 13.1. The van der Waals surface area contributed by atoms with Crippen molar-refractivity contribution < 1.29 is 14.7 Å². The van der Waals surface area contributed by atoms with Gasteiger partial charge in [0.05, 0.1) is 0 Å². The standard InChI is InChI=1S/C11H13NO2.C5H11NO/c1-12-7-9-5-3-2-4-8(9)6-10(12)11(13)14;1-5(2,3)6-4-7/h2-5,10H,6-7H2,1H3,(H,13,14);4H,1-3H3,(H,6,7). The Kier molecular flexibility index (Phi) is 5.90. The van der Waals surface area contributed by atoms with Crippen LogP contribution in [0.3, 0.4) is 0 Å². The highest BCUT2D eigenvalue weighted by Crippen LogP contribution is 2.21. The molecular weight excluding hydrogens is 268 g/mol. The summed E-state index contributed by atoms with van der Waals surface area (Å²) >= 11 is 0. The van der Waals surface area contributed by atoms with E-state index in [1.807, 2.05) is 50.9 Å². The van der Waals surface area contributed by atoms with Gasteiger partial charge in [-0.15, -0.1) is 0 Å². The number of amides is 1. The molecule has 1 aliphatic heterocycles. The normalized spacial score (nSPS) is 18.0. The summed E-state index contributed by atoms with van der Waals surface area (Å²) in [6, 6.07) is 7.66. The Hall–Kier alpha value is -1.88. The number of nitrogens with one attached hydrogen (secondary N) is 1. The Labute approximate surface area is 126 Å². The molecule has 0 bridgehead atoms. The molecule has 2 N–H and O–H groups in total. The van der Waals surface area contributed by atoms with Crippen LogP contribution in [0, 0.1) is 0 Å². The molecule has 0 saturated carbocycles. The molecule has 1 heterocycles. The third-order valence-electron chi connectivity index (χ3n) is 3.26. The number of hydrogen-bond acceptors (Lipinski definition) is 3. The molecular formula is C16H24N2O3. The Balaban J connectivity index is 0.000000270. The number of hydrogen-bond donors (Lipinski definition) is 2. The Morgan fingerprint density at radius 1 is 1.33 bits per heavy atom. The summed E-state index contributed by atoms with van der Waals surface area (Å²) in [6.07, 6.45) is 1.32. The first kappa shape index (κ1) is 17.2. The Bertz CT molecular complexity index is 495. The molecule has 5 nitrogen and oxygen atoms in total. The van der Waals surface area contributed by atoms with Crippen molar-refractivity contribution in [2.24, 2.45) is 0 Å². The number of fused-ring (bicyclic) bond motifs is 1. The third-order valence-corrected chi connectivity index (χ3v) is 3.26. The summed E-state index contributed by atoms with van der Waals surface area (Å²) < 4.78 is 0. The highest BCUT2D eigenvalue weighted by atomic mass is 16.4. The number of carbonyl (C=O) groups is 2. The van der Waals surface area contributed by atoms with Crippen molar-refractivity contribution in [3.63, 3.8) is 0 Å². The zero-order valence-corrected chi connectivity index (χ0v) is 13.1. The number of rotatable bonds is 2. The van der Waals surface area contributed by atoms with E-state index in [1.165, 1.54) is 5.56 Å². The number of likely N-dealkylation sites (N-methyl/N-ethyl adjacent to an activating group) is 1. The molecule has 116 valence electrons. The molecule has 21 heavy (non-hydrogen) atoms. The maximum absolute atomic E-state index is 10.9. The lowest BCUT2D eigenvalue weighted by Gasteiger charge is -2.30. The number of aliphatic carboxylic acids is 1. The van der Waals surface area contributed by atoms with Gasteiger partial charge in [-0.3, -0.25) is 14.5 Å². The van der Waals surface area contributed by atoms with Gasteiger partial charge in [0.15, 0.2) is 0 Å². The minimum atomic E-state index is -0.734.